The van der Waals surface area contributed by atoms with E-state index in [0.29, 0.717) is 11.4 Å². The molecule has 1 unspecified atom stereocenters. The van der Waals surface area contributed by atoms with Crippen LogP contribution in [0.5, 0.6) is 0 Å². The van der Waals surface area contributed by atoms with Gasteiger partial charge in [0.1, 0.15) is 5.82 Å². The molecular weight excluding hydrogens is 252 g/mol. The van der Waals surface area contributed by atoms with E-state index in [2.05, 4.69) is 15.7 Å². The fourth-order valence-corrected chi connectivity index (χ4v) is 1.94. The Balaban J connectivity index is 1.93. The van der Waals surface area contributed by atoms with Crippen molar-refractivity contribution in [3.05, 3.63) is 59.8 Å². The average Bonchev–Trinajstić information content (AvgIpc) is 2.48. The van der Waals surface area contributed by atoms with Gasteiger partial charge in [-0.05, 0) is 31.0 Å². The highest BCUT2D eigenvalue weighted by Gasteiger charge is 2.10. The average molecular weight is 270 g/mol. The second-order valence-electron chi connectivity index (χ2n) is 4.64. The molecular formula is C15H18N4O. The lowest BCUT2D eigenvalue weighted by atomic mass is 10.1. The molecule has 0 aliphatic rings. The van der Waals surface area contributed by atoms with Crippen LogP contribution >= 0.6 is 0 Å². The van der Waals surface area contributed by atoms with Crippen molar-refractivity contribution in [2.24, 2.45) is 5.84 Å². The molecule has 1 aromatic heterocycles. The number of benzene rings is 1. The first-order chi connectivity index (χ1) is 9.69. The van der Waals surface area contributed by atoms with Crippen molar-refractivity contribution in [2.45, 2.75) is 19.4 Å². The van der Waals surface area contributed by atoms with Crippen molar-refractivity contribution in [1.82, 2.24) is 10.3 Å². The van der Waals surface area contributed by atoms with Crippen LogP contribution in [0.25, 0.3) is 0 Å². The van der Waals surface area contributed by atoms with E-state index in [1.54, 1.807) is 12.1 Å². The molecule has 0 fully saturated rings. The molecule has 104 valence electrons. The quantitative estimate of drug-likeness (QED) is 0.571. The summed E-state index contributed by atoms with van der Waals surface area (Å²) in [6.45, 7) is 1.98. The summed E-state index contributed by atoms with van der Waals surface area (Å²) >= 11 is 0. The van der Waals surface area contributed by atoms with Crippen LogP contribution < -0.4 is 16.6 Å². The maximum absolute atomic E-state index is 12.0. The van der Waals surface area contributed by atoms with Gasteiger partial charge in [0.25, 0.3) is 5.91 Å². The topological polar surface area (TPSA) is 80.0 Å². The minimum atomic E-state index is -0.135. The second-order valence-corrected chi connectivity index (χ2v) is 4.64. The van der Waals surface area contributed by atoms with E-state index < -0.39 is 0 Å². The maximum atomic E-state index is 12.0. The van der Waals surface area contributed by atoms with Crippen molar-refractivity contribution in [3.63, 3.8) is 0 Å². The lowest BCUT2D eigenvalue weighted by molar-refractivity contribution is 0.0940. The molecule has 2 aromatic rings. The molecule has 1 amide bonds. The molecule has 1 atom stereocenters. The molecule has 1 heterocycles. The van der Waals surface area contributed by atoms with E-state index in [-0.39, 0.29) is 11.9 Å². The lowest BCUT2D eigenvalue weighted by Crippen LogP contribution is -2.34. The number of hydrogen-bond donors (Lipinski definition) is 3. The number of pyridine rings is 1. The Bertz CT molecular complexity index is 554. The number of anilines is 1. The Morgan fingerprint density at radius 1 is 1.25 bits per heavy atom. The Morgan fingerprint density at radius 2 is 2.00 bits per heavy atom. The number of rotatable bonds is 5. The van der Waals surface area contributed by atoms with Gasteiger partial charge >= 0.3 is 0 Å². The Morgan fingerprint density at radius 3 is 2.60 bits per heavy atom. The van der Waals surface area contributed by atoms with E-state index in [1.165, 1.54) is 11.8 Å². The number of nitrogen functional groups attached to an aromatic ring is 1. The maximum Gasteiger partial charge on any atom is 0.253 e. The van der Waals surface area contributed by atoms with E-state index in [1.807, 2.05) is 37.3 Å². The van der Waals surface area contributed by atoms with Crippen molar-refractivity contribution >= 4 is 11.7 Å². The standard InChI is InChI=1S/C15H18N4O/c1-11(9-12-5-3-2-4-6-12)18-15(20)13-7-8-14(19-16)17-10-13/h2-8,10-11H,9,16H2,1H3,(H,17,19)(H,18,20). The van der Waals surface area contributed by atoms with Crippen LogP contribution in [-0.4, -0.2) is 16.9 Å². The minimum absolute atomic E-state index is 0.0530. The summed E-state index contributed by atoms with van der Waals surface area (Å²) in [5, 5.41) is 2.95. The highest BCUT2D eigenvalue weighted by molar-refractivity contribution is 5.94. The largest absolute Gasteiger partial charge is 0.349 e. The van der Waals surface area contributed by atoms with E-state index >= 15 is 0 Å². The highest BCUT2D eigenvalue weighted by atomic mass is 16.1. The predicted molar refractivity (Wildman–Crippen MR) is 79.1 cm³/mol. The number of hydrazine groups is 1. The second kappa shape index (κ2) is 6.68. The van der Waals surface area contributed by atoms with Crippen molar-refractivity contribution in [3.8, 4) is 0 Å². The van der Waals surface area contributed by atoms with Crippen LogP contribution in [0.1, 0.15) is 22.8 Å². The summed E-state index contributed by atoms with van der Waals surface area (Å²) in [6.07, 6.45) is 2.29. The Hall–Kier alpha value is -2.40. The van der Waals surface area contributed by atoms with Gasteiger partial charge in [-0.2, -0.15) is 0 Å². The number of aromatic nitrogens is 1. The van der Waals surface area contributed by atoms with Gasteiger partial charge < -0.3 is 10.7 Å². The molecule has 20 heavy (non-hydrogen) atoms. The van der Waals surface area contributed by atoms with E-state index in [4.69, 9.17) is 5.84 Å². The molecule has 4 N–H and O–H groups in total. The number of amides is 1. The number of carbonyl (C=O) groups is 1. The smallest absolute Gasteiger partial charge is 0.253 e. The summed E-state index contributed by atoms with van der Waals surface area (Å²) in [5.74, 6) is 5.62. The number of nitrogens with two attached hydrogens (primary N) is 1. The predicted octanol–water partition coefficient (Wildman–Crippen LogP) is 1.73. The molecule has 0 saturated heterocycles. The van der Waals surface area contributed by atoms with Crippen LogP contribution in [0.4, 0.5) is 5.82 Å². The SMILES string of the molecule is CC(Cc1ccccc1)NC(=O)c1ccc(NN)nc1. The zero-order valence-electron chi connectivity index (χ0n) is 11.3. The third-order valence-corrected chi connectivity index (χ3v) is 2.94. The fourth-order valence-electron chi connectivity index (χ4n) is 1.94. The minimum Gasteiger partial charge on any atom is -0.349 e. The molecule has 0 radical (unpaired) electrons. The molecule has 2 rings (SSSR count). The van der Waals surface area contributed by atoms with Crippen LogP contribution in [-0.2, 0) is 6.42 Å². The molecule has 0 bridgehead atoms. The van der Waals surface area contributed by atoms with E-state index in [9.17, 15) is 4.79 Å². The lowest BCUT2D eigenvalue weighted by Gasteiger charge is -2.14. The van der Waals surface area contributed by atoms with Crippen LogP contribution in [0.2, 0.25) is 0 Å². The Kier molecular flexibility index (Phi) is 4.68. The highest BCUT2D eigenvalue weighted by Crippen LogP contribution is 2.06. The van der Waals surface area contributed by atoms with Gasteiger partial charge in [-0.25, -0.2) is 10.8 Å². The molecule has 0 aliphatic carbocycles. The third kappa shape index (κ3) is 3.80. The summed E-state index contributed by atoms with van der Waals surface area (Å²) in [6, 6.07) is 13.5. The monoisotopic (exact) mass is 270 g/mol. The van der Waals surface area contributed by atoms with Crippen LogP contribution in [0, 0.1) is 0 Å². The van der Waals surface area contributed by atoms with Crippen molar-refractivity contribution in [2.75, 3.05) is 5.43 Å². The first-order valence-corrected chi connectivity index (χ1v) is 6.46. The van der Waals surface area contributed by atoms with Crippen LogP contribution in [0.15, 0.2) is 48.7 Å². The van der Waals surface area contributed by atoms with Gasteiger partial charge in [0.2, 0.25) is 0 Å². The zero-order valence-corrected chi connectivity index (χ0v) is 11.3. The van der Waals surface area contributed by atoms with Gasteiger partial charge in [-0.15, -0.1) is 0 Å². The zero-order chi connectivity index (χ0) is 14.4. The molecule has 5 heteroatoms. The van der Waals surface area contributed by atoms with Crippen molar-refractivity contribution in [1.29, 1.82) is 0 Å². The number of nitrogens with one attached hydrogen (secondary N) is 2. The summed E-state index contributed by atoms with van der Waals surface area (Å²) in [4.78, 5) is 16.1. The number of carbonyl (C=O) groups excluding carboxylic acids is 1. The van der Waals surface area contributed by atoms with Gasteiger partial charge in [0, 0.05) is 12.2 Å². The normalized spacial score (nSPS) is 11.7. The summed E-state index contributed by atoms with van der Waals surface area (Å²) < 4.78 is 0. The van der Waals surface area contributed by atoms with E-state index in [0.717, 1.165) is 6.42 Å². The molecule has 0 spiro atoms. The third-order valence-electron chi connectivity index (χ3n) is 2.94. The van der Waals surface area contributed by atoms with Gasteiger partial charge in [0.05, 0.1) is 5.56 Å². The van der Waals surface area contributed by atoms with Gasteiger partial charge in [0.15, 0.2) is 0 Å². The fraction of sp³-hybridized carbons (Fsp3) is 0.200. The summed E-state index contributed by atoms with van der Waals surface area (Å²) in [5.41, 5.74) is 4.14. The molecule has 0 aliphatic heterocycles. The van der Waals surface area contributed by atoms with Crippen LogP contribution in [0.3, 0.4) is 0 Å². The van der Waals surface area contributed by atoms with Gasteiger partial charge in [-0.1, -0.05) is 30.3 Å². The van der Waals surface area contributed by atoms with Crippen molar-refractivity contribution < 1.29 is 4.79 Å². The number of hydrogen-bond acceptors (Lipinski definition) is 4. The molecule has 5 nitrogen and oxygen atoms in total. The summed E-state index contributed by atoms with van der Waals surface area (Å²) in [7, 11) is 0. The first kappa shape index (κ1) is 14.0. The molecule has 0 saturated carbocycles. The molecule has 1 aromatic carbocycles. The Labute approximate surface area is 118 Å². The first-order valence-electron chi connectivity index (χ1n) is 6.46. The van der Waals surface area contributed by atoms with Gasteiger partial charge in [-0.3, -0.25) is 4.79 Å². The number of nitrogens with zero attached hydrogens (tertiary/aromatic N) is 1.